The lowest BCUT2D eigenvalue weighted by Crippen LogP contribution is -2.20. The zero-order chi connectivity index (χ0) is 13.2. The Labute approximate surface area is 107 Å². The molecule has 94 valence electrons. The SMILES string of the molecule is C=c1ccccc1=c1[nH]/c(=C\c2ccco2)c(=O)o1. The van der Waals surface area contributed by atoms with Gasteiger partial charge in [0, 0.05) is 11.3 Å². The molecule has 0 aliphatic rings. The standard InChI is InChI=1S/C15H11NO3/c1-10-5-2-3-7-12(10)14-16-13(15(17)19-14)9-11-6-4-8-18-11/h2-9,16H,1H2/b13-9-,14-12?. The summed E-state index contributed by atoms with van der Waals surface area (Å²) in [6.45, 7) is 3.90. The molecule has 3 aromatic rings. The van der Waals surface area contributed by atoms with Crippen molar-refractivity contribution in [2.45, 2.75) is 0 Å². The van der Waals surface area contributed by atoms with Crippen LogP contribution in [0.5, 0.6) is 0 Å². The first-order chi connectivity index (χ1) is 9.24. The highest BCUT2D eigenvalue weighted by Crippen LogP contribution is 1.98. The van der Waals surface area contributed by atoms with E-state index in [4.69, 9.17) is 8.83 Å². The van der Waals surface area contributed by atoms with E-state index in [0.717, 1.165) is 10.4 Å². The topological polar surface area (TPSA) is 59.1 Å². The van der Waals surface area contributed by atoms with E-state index in [-0.39, 0.29) is 0 Å². The molecule has 0 atom stereocenters. The number of rotatable bonds is 1. The largest absolute Gasteiger partial charge is 0.465 e. The molecule has 4 heteroatoms. The molecule has 0 fully saturated rings. The highest BCUT2D eigenvalue weighted by Gasteiger charge is 1.98. The van der Waals surface area contributed by atoms with Crippen LogP contribution in [-0.4, -0.2) is 4.98 Å². The van der Waals surface area contributed by atoms with Crippen molar-refractivity contribution in [3.05, 3.63) is 80.2 Å². The fourth-order valence-electron chi connectivity index (χ4n) is 1.82. The van der Waals surface area contributed by atoms with Crippen LogP contribution < -0.4 is 16.2 Å². The fraction of sp³-hybridized carbons (Fsp3) is 0. The Morgan fingerprint density at radius 1 is 1.16 bits per heavy atom. The van der Waals surface area contributed by atoms with Gasteiger partial charge in [-0.1, -0.05) is 24.8 Å². The van der Waals surface area contributed by atoms with Crippen molar-refractivity contribution >= 4 is 12.7 Å². The number of furan rings is 1. The minimum atomic E-state index is -0.436. The predicted octanol–water partition coefficient (Wildman–Crippen LogP) is 1.09. The lowest BCUT2D eigenvalue weighted by atomic mass is 10.2. The van der Waals surface area contributed by atoms with E-state index in [1.54, 1.807) is 24.5 Å². The maximum Gasteiger partial charge on any atom is 0.361 e. The van der Waals surface area contributed by atoms with E-state index >= 15 is 0 Å². The van der Waals surface area contributed by atoms with Crippen LogP contribution in [0.15, 0.2) is 56.3 Å². The molecular formula is C15H11NO3. The van der Waals surface area contributed by atoms with E-state index in [9.17, 15) is 4.79 Å². The summed E-state index contributed by atoms with van der Waals surface area (Å²) in [6.07, 6.45) is 3.14. The molecule has 2 aromatic heterocycles. The number of benzene rings is 1. The van der Waals surface area contributed by atoms with Gasteiger partial charge in [0.05, 0.1) is 6.26 Å². The summed E-state index contributed by atoms with van der Waals surface area (Å²) in [6, 6.07) is 10.9. The Hall–Kier alpha value is -2.75. The van der Waals surface area contributed by atoms with Gasteiger partial charge in [0.15, 0.2) is 0 Å². The highest BCUT2D eigenvalue weighted by atomic mass is 16.4. The summed E-state index contributed by atoms with van der Waals surface area (Å²) in [4.78, 5) is 14.7. The third-order valence-corrected chi connectivity index (χ3v) is 2.75. The van der Waals surface area contributed by atoms with E-state index in [2.05, 4.69) is 11.6 Å². The summed E-state index contributed by atoms with van der Waals surface area (Å²) in [5.41, 5.74) is -0.0388. The molecule has 0 aliphatic carbocycles. The number of aromatic amines is 1. The van der Waals surface area contributed by atoms with Crippen molar-refractivity contribution in [3.63, 3.8) is 0 Å². The number of nitrogens with one attached hydrogen (secondary N) is 1. The van der Waals surface area contributed by atoms with Crippen LogP contribution in [0.4, 0.5) is 0 Å². The lowest BCUT2D eigenvalue weighted by Gasteiger charge is -1.84. The molecule has 0 unspecified atom stereocenters. The molecule has 0 saturated heterocycles. The van der Waals surface area contributed by atoms with Crippen molar-refractivity contribution in [2.75, 3.05) is 0 Å². The number of aromatic nitrogens is 1. The third-order valence-electron chi connectivity index (χ3n) is 2.75. The van der Waals surface area contributed by atoms with E-state index in [1.165, 1.54) is 0 Å². The second-order valence-corrected chi connectivity index (χ2v) is 4.07. The van der Waals surface area contributed by atoms with Crippen LogP contribution in [-0.2, 0) is 0 Å². The maximum absolute atomic E-state index is 11.8. The molecule has 0 saturated carbocycles. The number of hydrogen-bond donors (Lipinski definition) is 1. The van der Waals surface area contributed by atoms with Gasteiger partial charge in [0.25, 0.3) is 0 Å². The maximum atomic E-state index is 11.8. The van der Waals surface area contributed by atoms with Crippen molar-refractivity contribution in [3.8, 4) is 0 Å². The summed E-state index contributed by atoms with van der Waals surface area (Å²) < 4.78 is 10.4. The van der Waals surface area contributed by atoms with Crippen molar-refractivity contribution in [2.24, 2.45) is 0 Å². The third kappa shape index (κ3) is 2.15. The van der Waals surface area contributed by atoms with Gasteiger partial charge < -0.3 is 13.8 Å². The Kier molecular flexibility index (Phi) is 2.68. The van der Waals surface area contributed by atoms with Gasteiger partial charge in [-0.15, -0.1) is 0 Å². The van der Waals surface area contributed by atoms with E-state index < -0.39 is 5.63 Å². The first-order valence-electron chi connectivity index (χ1n) is 5.77. The fourth-order valence-corrected chi connectivity index (χ4v) is 1.82. The smallest absolute Gasteiger partial charge is 0.361 e. The Morgan fingerprint density at radius 3 is 2.74 bits per heavy atom. The van der Waals surface area contributed by atoms with Gasteiger partial charge in [-0.25, -0.2) is 4.79 Å². The van der Waals surface area contributed by atoms with Crippen LogP contribution in [0.1, 0.15) is 5.76 Å². The van der Waals surface area contributed by atoms with Gasteiger partial charge in [0.2, 0.25) is 5.55 Å². The molecule has 1 aromatic carbocycles. The average Bonchev–Trinajstić information content (AvgIpc) is 3.02. The summed E-state index contributed by atoms with van der Waals surface area (Å²) in [5.74, 6) is 0.587. The van der Waals surface area contributed by atoms with E-state index in [1.807, 2.05) is 24.3 Å². The number of hydrogen-bond acceptors (Lipinski definition) is 3. The molecule has 3 rings (SSSR count). The normalized spacial score (nSPS) is 13.8. The Balaban J connectivity index is 2.36. The predicted molar refractivity (Wildman–Crippen MR) is 70.5 cm³/mol. The van der Waals surface area contributed by atoms with Crippen LogP contribution in [0, 0.1) is 10.8 Å². The first kappa shape index (κ1) is 11.3. The zero-order valence-corrected chi connectivity index (χ0v) is 10.1. The van der Waals surface area contributed by atoms with Crippen molar-refractivity contribution < 1.29 is 8.83 Å². The highest BCUT2D eigenvalue weighted by molar-refractivity contribution is 5.40. The van der Waals surface area contributed by atoms with Gasteiger partial charge in [-0.3, -0.25) is 0 Å². The molecule has 2 heterocycles. The van der Waals surface area contributed by atoms with Crippen LogP contribution >= 0.6 is 0 Å². The average molecular weight is 253 g/mol. The second kappa shape index (κ2) is 4.49. The van der Waals surface area contributed by atoms with Gasteiger partial charge in [-0.2, -0.15) is 0 Å². The van der Waals surface area contributed by atoms with Crippen LogP contribution in [0.25, 0.3) is 12.7 Å². The monoisotopic (exact) mass is 253 g/mol. The zero-order valence-electron chi connectivity index (χ0n) is 10.1. The molecule has 0 bridgehead atoms. The van der Waals surface area contributed by atoms with Gasteiger partial charge >= 0.3 is 5.63 Å². The quantitative estimate of drug-likeness (QED) is 0.706. The molecule has 4 nitrogen and oxygen atoms in total. The molecule has 0 radical (unpaired) electrons. The van der Waals surface area contributed by atoms with E-state index in [0.29, 0.717) is 16.7 Å². The number of oxazole rings is 1. The molecule has 0 spiro atoms. The van der Waals surface area contributed by atoms with Gasteiger partial charge in [-0.05, 0) is 23.4 Å². The summed E-state index contributed by atoms with van der Waals surface area (Å²) >= 11 is 0. The number of H-pyrrole nitrogens is 1. The lowest BCUT2D eigenvalue weighted by molar-refractivity contribution is 0.489. The molecule has 19 heavy (non-hydrogen) atoms. The Bertz CT molecular complexity index is 946. The summed E-state index contributed by atoms with van der Waals surface area (Å²) in [5, 5.41) is 1.89. The van der Waals surface area contributed by atoms with Crippen LogP contribution in [0.2, 0.25) is 0 Å². The van der Waals surface area contributed by atoms with Gasteiger partial charge in [0.1, 0.15) is 11.1 Å². The molecular weight excluding hydrogens is 242 g/mol. The molecule has 0 aliphatic heterocycles. The van der Waals surface area contributed by atoms with Crippen molar-refractivity contribution in [1.82, 2.24) is 4.98 Å². The minimum Gasteiger partial charge on any atom is -0.465 e. The van der Waals surface area contributed by atoms with Crippen LogP contribution in [0.3, 0.4) is 0 Å². The molecule has 1 N–H and O–H groups in total. The minimum absolute atomic E-state index is 0.341. The summed E-state index contributed by atoms with van der Waals surface area (Å²) in [7, 11) is 0. The Morgan fingerprint density at radius 2 is 2.00 bits per heavy atom. The van der Waals surface area contributed by atoms with Crippen molar-refractivity contribution in [1.29, 1.82) is 0 Å². The molecule has 0 amide bonds. The second-order valence-electron chi connectivity index (χ2n) is 4.07. The first-order valence-corrected chi connectivity index (χ1v) is 5.77.